The smallest absolute Gasteiger partial charge is 0.228 e. The highest BCUT2D eigenvalue weighted by molar-refractivity contribution is 7.93. The van der Waals surface area contributed by atoms with Gasteiger partial charge in [-0.1, -0.05) is 12.1 Å². The van der Waals surface area contributed by atoms with Crippen LogP contribution < -0.4 is 0 Å². The third-order valence-electron chi connectivity index (χ3n) is 3.68. The lowest BCUT2D eigenvalue weighted by molar-refractivity contribution is 0.399. The molecule has 0 aliphatic carbocycles. The molecule has 0 N–H and O–H groups in total. The molecule has 2 saturated heterocycles. The number of rotatable bonds is 2. The van der Waals surface area contributed by atoms with E-state index in [-0.39, 0.29) is 17.2 Å². The number of sulfone groups is 1. The van der Waals surface area contributed by atoms with Gasteiger partial charge in [-0.25, -0.2) is 21.2 Å². The maximum absolute atomic E-state index is 13.6. The van der Waals surface area contributed by atoms with E-state index in [0.29, 0.717) is 6.42 Å². The van der Waals surface area contributed by atoms with Crippen molar-refractivity contribution in [2.24, 2.45) is 0 Å². The second kappa shape index (κ2) is 4.00. The van der Waals surface area contributed by atoms with Crippen LogP contribution in [0.3, 0.4) is 0 Å². The molecule has 19 heavy (non-hydrogen) atoms. The van der Waals surface area contributed by atoms with Crippen molar-refractivity contribution in [3.05, 3.63) is 30.1 Å². The molecule has 8 heteroatoms. The van der Waals surface area contributed by atoms with E-state index in [0.717, 1.165) is 10.4 Å². The average molecular weight is 305 g/mol. The van der Waals surface area contributed by atoms with Gasteiger partial charge in [-0.05, 0) is 18.6 Å². The molecule has 2 aliphatic heterocycles. The lowest BCUT2D eigenvalue weighted by Gasteiger charge is -2.26. The van der Waals surface area contributed by atoms with Gasteiger partial charge in [-0.2, -0.15) is 4.31 Å². The molecule has 2 unspecified atom stereocenters. The van der Waals surface area contributed by atoms with E-state index in [4.69, 9.17) is 0 Å². The van der Waals surface area contributed by atoms with E-state index < -0.39 is 37.0 Å². The van der Waals surface area contributed by atoms with Crippen LogP contribution >= 0.6 is 0 Å². The fourth-order valence-corrected chi connectivity index (χ4v) is 6.70. The molecule has 3 rings (SSSR count). The fourth-order valence-electron chi connectivity index (χ4n) is 2.74. The SMILES string of the molecule is O=S1(=O)CC2CC1CN2S(=O)(=O)c1ccccc1F. The number of nitrogens with zero attached hydrogens (tertiary/aromatic N) is 1. The Labute approximate surface area is 111 Å². The molecule has 2 heterocycles. The van der Waals surface area contributed by atoms with Crippen LogP contribution in [0, 0.1) is 5.82 Å². The minimum absolute atomic E-state index is 0.0658. The Bertz CT molecular complexity index is 729. The molecular weight excluding hydrogens is 293 g/mol. The maximum atomic E-state index is 13.6. The van der Waals surface area contributed by atoms with Crippen molar-refractivity contribution in [3.8, 4) is 0 Å². The van der Waals surface area contributed by atoms with Crippen molar-refractivity contribution in [1.29, 1.82) is 0 Å². The molecule has 2 aliphatic rings. The summed E-state index contributed by atoms with van der Waals surface area (Å²) in [6, 6.07) is 4.58. The quantitative estimate of drug-likeness (QED) is 0.792. The lowest BCUT2D eigenvalue weighted by atomic mass is 10.3. The van der Waals surface area contributed by atoms with Crippen molar-refractivity contribution in [2.75, 3.05) is 12.3 Å². The first-order chi connectivity index (χ1) is 8.82. The molecule has 0 saturated carbocycles. The monoisotopic (exact) mass is 305 g/mol. The predicted octanol–water partition coefficient (Wildman–Crippen LogP) is 0.386. The Balaban J connectivity index is 1.99. The first-order valence-corrected chi connectivity index (χ1v) is 8.96. The Hall–Kier alpha value is -0.990. The normalized spacial score (nSPS) is 29.7. The summed E-state index contributed by atoms with van der Waals surface area (Å²) in [6.45, 7) is -0.0658. The van der Waals surface area contributed by atoms with E-state index in [1.165, 1.54) is 18.2 Å². The number of hydrogen-bond acceptors (Lipinski definition) is 4. The number of benzene rings is 1. The number of halogens is 1. The minimum atomic E-state index is -3.96. The zero-order valence-electron chi connectivity index (χ0n) is 9.86. The van der Waals surface area contributed by atoms with Gasteiger partial charge in [0, 0.05) is 12.6 Å². The van der Waals surface area contributed by atoms with Gasteiger partial charge in [-0.3, -0.25) is 0 Å². The summed E-state index contributed by atoms with van der Waals surface area (Å²) in [5.74, 6) is -0.973. The highest BCUT2D eigenvalue weighted by atomic mass is 32.2. The van der Waals surface area contributed by atoms with Crippen LogP contribution in [0.15, 0.2) is 29.2 Å². The van der Waals surface area contributed by atoms with E-state index in [1.807, 2.05) is 0 Å². The van der Waals surface area contributed by atoms with Crippen LogP contribution in [-0.2, 0) is 19.9 Å². The van der Waals surface area contributed by atoms with Crippen LogP contribution in [0.4, 0.5) is 4.39 Å². The van der Waals surface area contributed by atoms with E-state index >= 15 is 0 Å². The van der Waals surface area contributed by atoms with Gasteiger partial charge in [0.2, 0.25) is 10.0 Å². The standard InChI is InChI=1S/C11H12FNO4S2/c12-10-3-1-2-4-11(10)19(16,17)13-6-9-5-8(13)7-18(9,14)15/h1-4,8-9H,5-7H2. The van der Waals surface area contributed by atoms with Gasteiger partial charge in [0.1, 0.15) is 10.7 Å². The first kappa shape index (κ1) is 13.0. The summed E-state index contributed by atoms with van der Waals surface area (Å²) in [4.78, 5) is -0.389. The van der Waals surface area contributed by atoms with Crippen LogP contribution in [0.1, 0.15) is 6.42 Å². The molecular formula is C11H12FNO4S2. The molecule has 0 radical (unpaired) electrons. The van der Waals surface area contributed by atoms with Gasteiger partial charge >= 0.3 is 0 Å². The second-order valence-electron chi connectivity index (χ2n) is 4.85. The van der Waals surface area contributed by atoms with Crippen molar-refractivity contribution in [3.63, 3.8) is 0 Å². The third-order valence-corrected chi connectivity index (χ3v) is 7.84. The Morgan fingerprint density at radius 1 is 1.26 bits per heavy atom. The molecule has 1 aromatic rings. The Morgan fingerprint density at radius 2 is 1.95 bits per heavy atom. The maximum Gasteiger partial charge on any atom is 0.246 e. The molecule has 2 atom stereocenters. The third kappa shape index (κ3) is 1.89. The van der Waals surface area contributed by atoms with Crippen molar-refractivity contribution in [2.45, 2.75) is 22.6 Å². The summed E-state index contributed by atoms with van der Waals surface area (Å²) in [6.07, 6.45) is 0.315. The number of fused-ring (bicyclic) bond motifs is 2. The zero-order valence-corrected chi connectivity index (χ0v) is 11.5. The highest BCUT2D eigenvalue weighted by Crippen LogP contribution is 2.37. The van der Waals surface area contributed by atoms with E-state index in [2.05, 4.69) is 0 Å². The highest BCUT2D eigenvalue weighted by Gasteiger charge is 2.52. The summed E-state index contributed by atoms with van der Waals surface area (Å²) in [5.41, 5.74) is 0. The lowest BCUT2D eigenvalue weighted by Crippen LogP contribution is -2.44. The van der Waals surface area contributed by atoms with Crippen molar-refractivity contribution >= 4 is 19.9 Å². The second-order valence-corrected chi connectivity index (χ2v) is 9.03. The van der Waals surface area contributed by atoms with Crippen LogP contribution in [0.25, 0.3) is 0 Å². The van der Waals surface area contributed by atoms with Gasteiger partial charge in [0.05, 0.1) is 11.0 Å². The van der Waals surface area contributed by atoms with Gasteiger partial charge in [0.25, 0.3) is 0 Å². The topological polar surface area (TPSA) is 71.5 Å². The number of hydrogen-bond donors (Lipinski definition) is 0. The first-order valence-electron chi connectivity index (χ1n) is 5.80. The van der Waals surface area contributed by atoms with E-state index in [1.54, 1.807) is 0 Å². The van der Waals surface area contributed by atoms with E-state index in [9.17, 15) is 21.2 Å². The summed E-state index contributed by atoms with van der Waals surface area (Å²) >= 11 is 0. The van der Waals surface area contributed by atoms with Crippen LogP contribution in [0.2, 0.25) is 0 Å². The molecule has 5 nitrogen and oxygen atoms in total. The largest absolute Gasteiger partial charge is 0.246 e. The van der Waals surface area contributed by atoms with Gasteiger partial charge in [-0.15, -0.1) is 0 Å². The summed E-state index contributed by atoms with van der Waals surface area (Å²) in [7, 11) is -7.13. The summed E-state index contributed by atoms with van der Waals surface area (Å²) in [5, 5.41) is -0.640. The molecule has 0 amide bonds. The Morgan fingerprint density at radius 3 is 2.47 bits per heavy atom. The van der Waals surface area contributed by atoms with Gasteiger partial charge < -0.3 is 0 Å². The molecule has 2 bridgehead atoms. The molecule has 1 aromatic carbocycles. The number of sulfonamides is 1. The fraction of sp³-hybridized carbons (Fsp3) is 0.455. The van der Waals surface area contributed by atoms with Crippen molar-refractivity contribution < 1.29 is 21.2 Å². The van der Waals surface area contributed by atoms with Gasteiger partial charge in [0.15, 0.2) is 9.84 Å². The Kier molecular flexibility index (Phi) is 2.74. The molecule has 0 spiro atoms. The zero-order chi connectivity index (χ0) is 13.8. The minimum Gasteiger partial charge on any atom is -0.228 e. The predicted molar refractivity (Wildman–Crippen MR) is 66.3 cm³/mol. The average Bonchev–Trinajstić information content (AvgIpc) is 2.85. The molecule has 2 fully saturated rings. The van der Waals surface area contributed by atoms with Crippen molar-refractivity contribution in [1.82, 2.24) is 4.31 Å². The van der Waals surface area contributed by atoms with Crippen LogP contribution in [-0.4, -0.2) is 44.7 Å². The summed E-state index contributed by atoms with van der Waals surface area (Å²) < 4.78 is 62.6. The molecule has 104 valence electrons. The molecule has 0 aromatic heterocycles. The van der Waals surface area contributed by atoms with Crippen LogP contribution in [0.5, 0.6) is 0 Å².